The SMILES string of the molecule is Cn1cc(C2Cc3ccccc3CN2C(=O)c2nc3cccc(Cl)c3[nH]2)cn1. The molecule has 1 aliphatic rings. The number of nitrogens with zero attached hydrogens (tertiary/aromatic N) is 4. The van der Waals surface area contributed by atoms with Crippen LogP contribution in [0.3, 0.4) is 0 Å². The van der Waals surface area contributed by atoms with Crippen molar-refractivity contribution in [3.8, 4) is 0 Å². The Kier molecular flexibility index (Phi) is 3.94. The Hall–Kier alpha value is -3.12. The van der Waals surface area contributed by atoms with Gasteiger partial charge in [0, 0.05) is 25.4 Å². The third kappa shape index (κ3) is 2.77. The van der Waals surface area contributed by atoms with Crippen LogP contribution in [-0.2, 0) is 20.0 Å². The van der Waals surface area contributed by atoms with E-state index < -0.39 is 0 Å². The van der Waals surface area contributed by atoms with Crippen LogP contribution in [-0.4, -0.2) is 30.6 Å². The van der Waals surface area contributed by atoms with Crippen molar-refractivity contribution in [3.05, 3.63) is 82.4 Å². The fourth-order valence-electron chi connectivity index (χ4n) is 3.88. The van der Waals surface area contributed by atoms with E-state index in [1.807, 2.05) is 48.6 Å². The molecule has 28 heavy (non-hydrogen) atoms. The van der Waals surface area contributed by atoms with Gasteiger partial charge < -0.3 is 9.88 Å². The first-order valence-electron chi connectivity index (χ1n) is 9.10. The Morgan fingerprint density at radius 2 is 2.00 bits per heavy atom. The smallest absolute Gasteiger partial charge is 0.290 e. The van der Waals surface area contributed by atoms with Gasteiger partial charge in [-0.15, -0.1) is 0 Å². The predicted molar refractivity (Wildman–Crippen MR) is 107 cm³/mol. The van der Waals surface area contributed by atoms with Crippen molar-refractivity contribution >= 4 is 28.5 Å². The predicted octanol–water partition coefficient (Wildman–Crippen LogP) is 3.89. The van der Waals surface area contributed by atoms with Crippen LogP contribution in [0.25, 0.3) is 11.0 Å². The second kappa shape index (κ2) is 6.49. The van der Waals surface area contributed by atoms with E-state index >= 15 is 0 Å². The standard InChI is InChI=1S/C21H18ClN5O/c1-26-11-15(10-23-26)18-9-13-5-2-3-6-14(13)12-27(18)21(28)20-24-17-8-4-7-16(22)19(17)25-20/h2-8,10-11,18H,9,12H2,1H3,(H,24,25). The molecule has 0 bridgehead atoms. The second-order valence-electron chi connectivity index (χ2n) is 7.09. The normalized spacial score (nSPS) is 16.4. The monoisotopic (exact) mass is 391 g/mol. The lowest BCUT2D eigenvalue weighted by atomic mass is 9.91. The van der Waals surface area contributed by atoms with Crippen LogP contribution in [0, 0.1) is 0 Å². The zero-order valence-corrected chi connectivity index (χ0v) is 16.0. The van der Waals surface area contributed by atoms with Crippen LogP contribution in [0.5, 0.6) is 0 Å². The number of carbonyl (C=O) groups excluding carboxylic acids is 1. The summed E-state index contributed by atoms with van der Waals surface area (Å²) >= 11 is 6.25. The largest absolute Gasteiger partial charge is 0.333 e. The molecule has 2 aromatic heterocycles. The maximum absolute atomic E-state index is 13.4. The summed E-state index contributed by atoms with van der Waals surface area (Å²) in [5, 5.41) is 4.85. The fourth-order valence-corrected chi connectivity index (χ4v) is 4.10. The average molecular weight is 392 g/mol. The molecule has 0 radical (unpaired) electrons. The first-order valence-corrected chi connectivity index (χ1v) is 9.48. The van der Waals surface area contributed by atoms with Gasteiger partial charge in [-0.3, -0.25) is 9.48 Å². The van der Waals surface area contributed by atoms with Gasteiger partial charge in [-0.25, -0.2) is 4.98 Å². The number of nitrogens with one attached hydrogen (secondary N) is 1. The highest BCUT2D eigenvalue weighted by Gasteiger charge is 2.33. The summed E-state index contributed by atoms with van der Waals surface area (Å²) in [7, 11) is 1.88. The van der Waals surface area contributed by atoms with Crippen LogP contribution < -0.4 is 0 Å². The zero-order valence-electron chi connectivity index (χ0n) is 15.3. The molecule has 0 fully saturated rings. The van der Waals surface area contributed by atoms with Gasteiger partial charge in [-0.1, -0.05) is 41.9 Å². The summed E-state index contributed by atoms with van der Waals surface area (Å²) in [6.45, 7) is 0.527. The van der Waals surface area contributed by atoms with Crippen molar-refractivity contribution in [2.75, 3.05) is 0 Å². The maximum atomic E-state index is 13.4. The lowest BCUT2D eigenvalue weighted by molar-refractivity contribution is 0.0626. The lowest BCUT2D eigenvalue weighted by Crippen LogP contribution is -2.39. The van der Waals surface area contributed by atoms with Crippen LogP contribution in [0.2, 0.25) is 5.02 Å². The molecule has 1 atom stereocenters. The van der Waals surface area contributed by atoms with Gasteiger partial charge in [0.1, 0.15) is 0 Å². The number of H-pyrrole nitrogens is 1. The minimum absolute atomic E-state index is 0.0974. The first-order chi connectivity index (χ1) is 13.6. The van der Waals surface area contributed by atoms with E-state index in [0.29, 0.717) is 28.4 Å². The maximum Gasteiger partial charge on any atom is 0.290 e. The number of benzene rings is 2. The van der Waals surface area contributed by atoms with Crippen LogP contribution in [0.1, 0.15) is 33.4 Å². The Bertz CT molecular complexity index is 1190. The number of aromatic nitrogens is 4. The van der Waals surface area contributed by atoms with Gasteiger partial charge >= 0.3 is 0 Å². The summed E-state index contributed by atoms with van der Waals surface area (Å²) in [4.78, 5) is 22.9. The Labute approximate surface area is 166 Å². The molecule has 2 aromatic carbocycles. The van der Waals surface area contributed by atoms with Crippen LogP contribution >= 0.6 is 11.6 Å². The van der Waals surface area contributed by atoms with Crippen molar-refractivity contribution in [1.29, 1.82) is 0 Å². The number of hydrogen-bond acceptors (Lipinski definition) is 3. The van der Waals surface area contributed by atoms with Gasteiger partial charge in [-0.05, 0) is 29.7 Å². The Morgan fingerprint density at radius 1 is 1.18 bits per heavy atom. The van der Waals surface area contributed by atoms with Crippen molar-refractivity contribution in [2.24, 2.45) is 7.05 Å². The molecule has 4 aromatic rings. The summed E-state index contributed by atoms with van der Waals surface area (Å²) in [5.74, 6) is 0.159. The van der Waals surface area contributed by atoms with E-state index in [4.69, 9.17) is 11.6 Å². The molecule has 0 spiro atoms. The minimum atomic E-state index is -0.143. The number of aryl methyl sites for hydroxylation is 1. The molecule has 7 heteroatoms. The molecule has 1 unspecified atom stereocenters. The van der Waals surface area contributed by atoms with E-state index in [-0.39, 0.29) is 11.9 Å². The number of imidazole rings is 1. The van der Waals surface area contributed by atoms with Crippen LogP contribution in [0.15, 0.2) is 54.9 Å². The average Bonchev–Trinajstić information content (AvgIpc) is 3.33. The van der Waals surface area contributed by atoms with Gasteiger partial charge in [-0.2, -0.15) is 5.10 Å². The molecule has 6 nitrogen and oxygen atoms in total. The minimum Gasteiger partial charge on any atom is -0.333 e. The highest BCUT2D eigenvalue weighted by Crippen LogP contribution is 2.34. The summed E-state index contributed by atoms with van der Waals surface area (Å²) in [6.07, 6.45) is 4.54. The third-order valence-electron chi connectivity index (χ3n) is 5.29. The Morgan fingerprint density at radius 3 is 2.75 bits per heavy atom. The van der Waals surface area contributed by atoms with E-state index in [9.17, 15) is 4.79 Å². The van der Waals surface area contributed by atoms with Gasteiger partial charge in [0.2, 0.25) is 0 Å². The van der Waals surface area contributed by atoms with Crippen molar-refractivity contribution < 1.29 is 4.79 Å². The number of fused-ring (bicyclic) bond motifs is 2. The molecular weight excluding hydrogens is 374 g/mol. The molecule has 0 saturated heterocycles. The quantitative estimate of drug-likeness (QED) is 0.563. The first kappa shape index (κ1) is 17.0. The highest BCUT2D eigenvalue weighted by atomic mass is 35.5. The molecule has 1 aliphatic heterocycles. The van der Waals surface area contributed by atoms with Crippen molar-refractivity contribution in [3.63, 3.8) is 0 Å². The molecule has 1 N–H and O–H groups in total. The lowest BCUT2D eigenvalue weighted by Gasteiger charge is -2.36. The second-order valence-corrected chi connectivity index (χ2v) is 7.50. The van der Waals surface area contributed by atoms with Gasteiger partial charge in [0.15, 0.2) is 5.82 Å². The number of carbonyl (C=O) groups is 1. The number of halogens is 1. The number of aromatic amines is 1. The number of hydrogen-bond donors (Lipinski definition) is 1. The van der Waals surface area contributed by atoms with E-state index in [0.717, 1.165) is 17.5 Å². The summed E-state index contributed by atoms with van der Waals surface area (Å²) in [5.41, 5.74) is 4.80. The van der Waals surface area contributed by atoms with E-state index in [1.165, 1.54) is 5.56 Å². The van der Waals surface area contributed by atoms with Crippen LogP contribution in [0.4, 0.5) is 0 Å². The van der Waals surface area contributed by atoms with Gasteiger partial charge in [0.05, 0.1) is 28.3 Å². The number of amides is 1. The van der Waals surface area contributed by atoms with E-state index in [2.05, 4.69) is 27.2 Å². The third-order valence-corrected chi connectivity index (χ3v) is 5.60. The molecule has 1 amide bonds. The summed E-state index contributed by atoms with van der Waals surface area (Å²) < 4.78 is 1.76. The summed E-state index contributed by atoms with van der Waals surface area (Å²) in [6, 6.07) is 13.6. The molecular formula is C21H18ClN5O. The highest BCUT2D eigenvalue weighted by molar-refractivity contribution is 6.35. The fraction of sp³-hybridized carbons (Fsp3) is 0.190. The van der Waals surface area contributed by atoms with E-state index in [1.54, 1.807) is 10.7 Å². The molecule has 140 valence electrons. The molecule has 5 rings (SSSR count). The van der Waals surface area contributed by atoms with Crippen molar-refractivity contribution in [2.45, 2.75) is 19.0 Å². The van der Waals surface area contributed by atoms with Gasteiger partial charge in [0.25, 0.3) is 5.91 Å². The zero-order chi connectivity index (χ0) is 19.3. The Balaban J connectivity index is 1.58. The number of rotatable bonds is 2. The topological polar surface area (TPSA) is 66.8 Å². The molecule has 0 saturated carbocycles. The molecule has 3 heterocycles. The molecule has 0 aliphatic carbocycles. The number of para-hydroxylation sites is 1. The van der Waals surface area contributed by atoms with Crippen molar-refractivity contribution in [1.82, 2.24) is 24.6 Å².